The zero-order valence-electron chi connectivity index (χ0n) is 25.2. The summed E-state index contributed by atoms with van der Waals surface area (Å²) in [6.45, 7) is 2.39. The average Bonchev–Trinajstić information content (AvgIpc) is 3.05. The Kier molecular flexibility index (Phi) is 9.94. The first-order chi connectivity index (χ1) is 21.3. The molecule has 1 amide bonds. The fraction of sp³-hybridized carbons (Fsp3) is 0.278. The maximum absolute atomic E-state index is 13.3. The van der Waals surface area contributed by atoms with Crippen LogP contribution in [0.4, 0.5) is 10.5 Å². The minimum atomic E-state index is -0.834. The van der Waals surface area contributed by atoms with Crippen molar-refractivity contribution < 1.29 is 28.9 Å². The highest BCUT2D eigenvalue weighted by molar-refractivity contribution is 6.02. The summed E-state index contributed by atoms with van der Waals surface area (Å²) in [5, 5.41) is 15.1. The summed E-state index contributed by atoms with van der Waals surface area (Å²) >= 11 is 0. The Labute approximate surface area is 258 Å². The topological polar surface area (TPSA) is 97.3 Å². The van der Waals surface area contributed by atoms with Gasteiger partial charge in [-0.1, -0.05) is 66.7 Å². The quantitative estimate of drug-likeness (QED) is 0.165. The molecule has 1 aliphatic rings. The summed E-state index contributed by atoms with van der Waals surface area (Å²) in [6, 6.07) is 29.6. The predicted molar refractivity (Wildman–Crippen MR) is 169 cm³/mol. The van der Waals surface area contributed by atoms with E-state index >= 15 is 0 Å². The molecule has 8 heteroatoms. The second-order valence-corrected chi connectivity index (χ2v) is 11.0. The molecule has 0 aliphatic heterocycles. The van der Waals surface area contributed by atoms with Gasteiger partial charge in [-0.25, -0.2) is 9.59 Å². The van der Waals surface area contributed by atoms with Gasteiger partial charge in [0.05, 0.1) is 24.5 Å². The Morgan fingerprint density at radius 1 is 0.932 bits per heavy atom. The highest BCUT2D eigenvalue weighted by Crippen LogP contribution is 2.42. The first-order valence-electron chi connectivity index (χ1n) is 14.8. The molecule has 0 aromatic heterocycles. The van der Waals surface area contributed by atoms with Crippen molar-refractivity contribution in [1.29, 1.82) is 0 Å². The summed E-state index contributed by atoms with van der Waals surface area (Å²) in [6.07, 6.45) is 0.375. The molecule has 0 bridgehead atoms. The van der Waals surface area contributed by atoms with Crippen molar-refractivity contribution in [2.24, 2.45) is 0 Å². The van der Waals surface area contributed by atoms with Gasteiger partial charge in [0.25, 0.3) is 0 Å². The van der Waals surface area contributed by atoms with E-state index in [0.717, 1.165) is 23.3 Å². The first kappa shape index (κ1) is 30.8. The van der Waals surface area contributed by atoms with Crippen LogP contribution in [0.1, 0.15) is 52.1 Å². The Morgan fingerprint density at radius 3 is 2.30 bits per heavy atom. The van der Waals surface area contributed by atoms with Crippen LogP contribution in [-0.4, -0.2) is 43.4 Å². The van der Waals surface area contributed by atoms with Crippen LogP contribution in [0, 0.1) is 0 Å². The number of carbonyl (C=O) groups is 2. The van der Waals surface area contributed by atoms with Crippen LogP contribution in [0.2, 0.25) is 0 Å². The zero-order valence-corrected chi connectivity index (χ0v) is 25.2. The molecule has 5 rings (SSSR count). The summed E-state index contributed by atoms with van der Waals surface area (Å²) in [7, 11) is 3.20. The van der Waals surface area contributed by atoms with Crippen LogP contribution in [0.5, 0.6) is 11.5 Å². The number of esters is 1. The molecule has 2 N–H and O–H groups in total. The van der Waals surface area contributed by atoms with Crippen molar-refractivity contribution in [1.82, 2.24) is 5.32 Å². The highest BCUT2D eigenvalue weighted by Gasteiger charge is 2.34. The van der Waals surface area contributed by atoms with Crippen LogP contribution in [0.3, 0.4) is 0 Å². The lowest BCUT2D eigenvalue weighted by atomic mass is 9.84. The van der Waals surface area contributed by atoms with E-state index in [0.29, 0.717) is 29.8 Å². The number of methoxy groups -OCH3 is 1. The summed E-state index contributed by atoms with van der Waals surface area (Å²) < 4.78 is 16.7. The molecule has 0 radical (unpaired) electrons. The molecule has 0 fully saturated rings. The second-order valence-electron chi connectivity index (χ2n) is 11.0. The van der Waals surface area contributed by atoms with E-state index in [2.05, 4.69) is 12.2 Å². The van der Waals surface area contributed by atoms with Crippen LogP contribution in [-0.2, 0) is 24.2 Å². The maximum Gasteiger partial charge on any atom is 0.422 e. The molecule has 4 aromatic carbocycles. The third kappa shape index (κ3) is 7.27. The van der Waals surface area contributed by atoms with E-state index in [1.807, 2.05) is 60.7 Å². The van der Waals surface area contributed by atoms with Gasteiger partial charge in [-0.15, -0.1) is 0 Å². The van der Waals surface area contributed by atoms with Crippen molar-refractivity contribution in [2.75, 3.05) is 19.1 Å². The number of ether oxygens (including phenoxy) is 3. The Morgan fingerprint density at radius 2 is 1.61 bits per heavy atom. The van der Waals surface area contributed by atoms with Gasteiger partial charge in [0.2, 0.25) is 0 Å². The van der Waals surface area contributed by atoms with Crippen molar-refractivity contribution >= 4 is 17.7 Å². The summed E-state index contributed by atoms with van der Waals surface area (Å²) in [5.41, 5.74) is 4.39. The van der Waals surface area contributed by atoms with Crippen LogP contribution in [0.25, 0.3) is 0 Å². The lowest BCUT2D eigenvalue weighted by Gasteiger charge is -2.35. The first-order valence-corrected chi connectivity index (χ1v) is 14.8. The number of benzene rings is 4. The fourth-order valence-electron chi connectivity index (χ4n) is 5.65. The molecule has 228 valence electrons. The average molecular weight is 595 g/mol. The number of hydrogen-bond donors (Lipinski definition) is 2. The van der Waals surface area contributed by atoms with E-state index in [-0.39, 0.29) is 24.3 Å². The summed E-state index contributed by atoms with van der Waals surface area (Å²) in [5.74, 6) is 0.537. The normalized spacial score (nSPS) is 16.4. The Balaban J connectivity index is 1.37. The SMILES string of the molecule is COc1ccc(CC(C)N[C@@H]2CCc3c(ccc(OCc4ccccc4)c3N(C)C(=O)OC(=O)c3ccccc3)[C@H]2O)cc1. The van der Waals surface area contributed by atoms with Crippen molar-refractivity contribution in [3.63, 3.8) is 0 Å². The van der Waals surface area contributed by atoms with E-state index in [1.165, 1.54) is 10.5 Å². The van der Waals surface area contributed by atoms with Crippen LogP contribution < -0.4 is 19.7 Å². The molecular weight excluding hydrogens is 556 g/mol. The largest absolute Gasteiger partial charge is 0.497 e. The van der Waals surface area contributed by atoms with E-state index < -0.39 is 18.2 Å². The van der Waals surface area contributed by atoms with E-state index in [1.54, 1.807) is 50.6 Å². The number of aliphatic hydroxyl groups is 1. The number of anilines is 1. The molecule has 8 nitrogen and oxygen atoms in total. The van der Waals surface area contributed by atoms with Crippen molar-refractivity contribution in [2.45, 2.75) is 51.0 Å². The lowest BCUT2D eigenvalue weighted by molar-refractivity contribution is 0.0635. The fourth-order valence-corrected chi connectivity index (χ4v) is 5.65. The zero-order chi connectivity index (χ0) is 31.1. The van der Waals surface area contributed by atoms with Crippen molar-refractivity contribution in [3.05, 3.63) is 125 Å². The number of hydrogen-bond acceptors (Lipinski definition) is 7. The van der Waals surface area contributed by atoms with Crippen molar-refractivity contribution in [3.8, 4) is 11.5 Å². The van der Waals surface area contributed by atoms with Crippen LogP contribution in [0.15, 0.2) is 97.1 Å². The molecule has 0 saturated carbocycles. The van der Waals surface area contributed by atoms with Gasteiger partial charge in [0.1, 0.15) is 18.1 Å². The molecule has 1 unspecified atom stereocenters. The number of fused-ring (bicyclic) bond motifs is 1. The van der Waals surface area contributed by atoms with Gasteiger partial charge in [-0.05, 0) is 78.8 Å². The van der Waals surface area contributed by atoms with Gasteiger partial charge in [-0.3, -0.25) is 4.90 Å². The molecule has 44 heavy (non-hydrogen) atoms. The molecule has 4 aromatic rings. The minimum Gasteiger partial charge on any atom is -0.497 e. The minimum absolute atomic E-state index is 0.110. The molecule has 0 spiro atoms. The van der Waals surface area contributed by atoms with Crippen LogP contribution >= 0.6 is 0 Å². The van der Waals surface area contributed by atoms with Gasteiger partial charge in [0, 0.05) is 19.1 Å². The number of amides is 1. The molecule has 3 atom stereocenters. The van der Waals surface area contributed by atoms with Gasteiger partial charge < -0.3 is 24.6 Å². The number of aliphatic hydroxyl groups excluding tert-OH is 1. The Bertz CT molecular complexity index is 1560. The predicted octanol–water partition coefficient (Wildman–Crippen LogP) is 6.26. The Hall–Kier alpha value is -4.66. The van der Waals surface area contributed by atoms with E-state index in [4.69, 9.17) is 14.2 Å². The monoisotopic (exact) mass is 594 g/mol. The number of nitrogens with one attached hydrogen (secondary N) is 1. The third-order valence-corrected chi connectivity index (χ3v) is 7.92. The highest BCUT2D eigenvalue weighted by atomic mass is 16.6. The number of rotatable bonds is 10. The van der Waals surface area contributed by atoms with E-state index in [9.17, 15) is 14.7 Å². The van der Waals surface area contributed by atoms with Gasteiger partial charge in [0.15, 0.2) is 0 Å². The third-order valence-electron chi connectivity index (χ3n) is 7.92. The van der Waals surface area contributed by atoms with Gasteiger partial charge in [-0.2, -0.15) is 0 Å². The smallest absolute Gasteiger partial charge is 0.422 e. The molecule has 0 saturated heterocycles. The number of nitrogens with zero attached hydrogens (tertiary/aromatic N) is 1. The molecular formula is C36H38N2O6. The maximum atomic E-state index is 13.3. The summed E-state index contributed by atoms with van der Waals surface area (Å²) in [4.78, 5) is 27.3. The molecule has 0 heterocycles. The molecule has 1 aliphatic carbocycles. The van der Waals surface area contributed by atoms with Gasteiger partial charge >= 0.3 is 12.1 Å². The number of carbonyl (C=O) groups excluding carboxylic acids is 2. The lowest BCUT2D eigenvalue weighted by Crippen LogP contribution is -2.44. The second kappa shape index (κ2) is 14.2. The standard InChI is InChI=1S/C36H38N2O6/c1-24(22-25-14-16-28(42-3)17-15-25)37-31-20-18-29-30(34(31)39)19-21-32(43-23-26-10-6-4-7-11-26)33(29)38(2)36(41)44-35(40)27-12-8-5-9-13-27/h4-17,19,21,24,31,34,37,39H,18,20,22-23H2,1-3H3/t24?,31-,34-/m1/s1.